The first-order chi connectivity index (χ1) is 8.72. The molecule has 1 fully saturated rings. The molecule has 0 spiro atoms. The van der Waals surface area contributed by atoms with Crippen molar-refractivity contribution in [2.45, 2.75) is 13.5 Å². The van der Waals surface area contributed by atoms with Gasteiger partial charge in [0, 0.05) is 53.7 Å². The van der Waals surface area contributed by atoms with E-state index >= 15 is 0 Å². The Kier molecular flexibility index (Phi) is 4.66. The van der Waals surface area contributed by atoms with E-state index < -0.39 is 10.8 Å². The van der Waals surface area contributed by atoms with Gasteiger partial charge in [0.2, 0.25) is 0 Å². The molecule has 1 aromatic rings. The van der Waals surface area contributed by atoms with Crippen molar-refractivity contribution in [2.24, 2.45) is 0 Å². The fourth-order valence-electron chi connectivity index (χ4n) is 1.94. The molecule has 100 valence electrons. The van der Waals surface area contributed by atoms with Gasteiger partial charge in [-0.2, -0.15) is 0 Å². The second-order valence-corrected chi connectivity index (χ2v) is 5.92. The number of aromatic nitrogens is 1. The molecular weight excluding hydrogens is 253 g/mol. The number of nitrogens with zero attached hydrogens (tertiary/aromatic N) is 2. The monoisotopic (exact) mass is 271 g/mol. The molecule has 1 aliphatic heterocycles. The molecule has 0 saturated carbocycles. The Morgan fingerprint density at radius 2 is 2.22 bits per heavy atom. The minimum atomic E-state index is -0.756. The van der Waals surface area contributed by atoms with Crippen molar-refractivity contribution in [3.05, 3.63) is 23.6 Å². The van der Waals surface area contributed by atoms with Gasteiger partial charge in [0.25, 0.3) is 0 Å². The normalized spacial score (nSPS) is 17.1. The summed E-state index contributed by atoms with van der Waals surface area (Å²) < 4.78 is 25.6. The lowest BCUT2D eigenvalue weighted by Crippen LogP contribution is -2.39. The molecule has 0 aliphatic carbocycles. The number of pyridine rings is 1. The van der Waals surface area contributed by atoms with Gasteiger partial charge < -0.3 is 10.2 Å². The Balaban J connectivity index is 2.15. The maximum absolute atomic E-state index is 14.3. The van der Waals surface area contributed by atoms with E-state index in [2.05, 4.69) is 10.3 Å². The molecule has 0 atom stereocenters. The van der Waals surface area contributed by atoms with Crippen molar-refractivity contribution in [3.8, 4) is 0 Å². The fraction of sp³-hybridized carbons (Fsp3) is 0.583. The molecular formula is C12H18FN3OS. The van der Waals surface area contributed by atoms with Crippen LogP contribution in [0, 0.1) is 5.82 Å². The maximum atomic E-state index is 14.3. The van der Waals surface area contributed by atoms with Gasteiger partial charge in [0.1, 0.15) is 0 Å². The molecule has 1 aromatic heterocycles. The molecule has 0 aromatic carbocycles. The minimum Gasteiger partial charge on any atom is -0.352 e. The zero-order valence-corrected chi connectivity index (χ0v) is 11.3. The van der Waals surface area contributed by atoms with Gasteiger partial charge in [-0.3, -0.25) is 4.21 Å². The number of rotatable bonds is 4. The average Bonchev–Trinajstić information content (AvgIpc) is 2.39. The third-order valence-electron chi connectivity index (χ3n) is 2.99. The van der Waals surface area contributed by atoms with Crippen molar-refractivity contribution in [1.29, 1.82) is 0 Å². The van der Waals surface area contributed by atoms with E-state index in [0.717, 1.165) is 6.54 Å². The summed E-state index contributed by atoms with van der Waals surface area (Å²) in [7, 11) is -0.756. The molecule has 0 amide bonds. The van der Waals surface area contributed by atoms with Gasteiger partial charge >= 0.3 is 0 Å². The maximum Gasteiger partial charge on any atom is 0.170 e. The fourth-order valence-corrected chi connectivity index (χ4v) is 2.99. The zero-order valence-electron chi connectivity index (χ0n) is 10.5. The standard InChI is InChI=1S/C12H18FN3OS/c1-2-14-9-10-3-4-15-12(11(10)13)16-5-7-18(17)8-6-16/h3-4,14H,2,5-9H2,1H3. The van der Waals surface area contributed by atoms with Crippen LogP contribution < -0.4 is 10.2 Å². The van der Waals surface area contributed by atoms with Gasteiger partial charge in [-0.15, -0.1) is 0 Å². The van der Waals surface area contributed by atoms with Crippen LogP contribution in [0.4, 0.5) is 10.2 Å². The Bertz CT molecular complexity index is 431. The van der Waals surface area contributed by atoms with Crippen molar-refractivity contribution < 1.29 is 8.60 Å². The molecule has 1 N–H and O–H groups in total. The lowest BCUT2D eigenvalue weighted by molar-refractivity contribution is 0.579. The first kappa shape index (κ1) is 13.4. The van der Waals surface area contributed by atoms with Crippen LogP contribution in [0.25, 0.3) is 0 Å². The minimum absolute atomic E-state index is 0.258. The highest BCUT2D eigenvalue weighted by atomic mass is 32.2. The summed E-state index contributed by atoms with van der Waals surface area (Å²) in [6.45, 7) is 4.53. The van der Waals surface area contributed by atoms with Crippen LogP contribution in [0.15, 0.2) is 12.3 Å². The van der Waals surface area contributed by atoms with Crippen LogP contribution in [0.5, 0.6) is 0 Å². The summed E-state index contributed by atoms with van der Waals surface area (Å²) >= 11 is 0. The van der Waals surface area contributed by atoms with Crippen LogP contribution in [0.1, 0.15) is 12.5 Å². The molecule has 4 nitrogen and oxygen atoms in total. The highest BCUT2D eigenvalue weighted by Gasteiger charge is 2.20. The Morgan fingerprint density at radius 3 is 2.89 bits per heavy atom. The Hall–Kier alpha value is -1.01. The molecule has 2 rings (SSSR count). The quantitative estimate of drug-likeness (QED) is 0.884. The molecule has 0 radical (unpaired) electrons. The van der Waals surface area contributed by atoms with Gasteiger partial charge in [0.05, 0.1) is 0 Å². The summed E-state index contributed by atoms with van der Waals surface area (Å²) in [4.78, 5) is 6.00. The van der Waals surface area contributed by atoms with Crippen LogP contribution in [-0.4, -0.2) is 40.3 Å². The van der Waals surface area contributed by atoms with E-state index in [9.17, 15) is 8.60 Å². The van der Waals surface area contributed by atoms with E-state index in [1.807, 2.05) is 11.8 Å². The highest BCUT2D eigenvalue weighted by Crippen LogP contribution is 2.20. The summed E-state index contributed by atoms with van der Waals surface area (Å²) in [6.07, 6.45) is 1.64. The molecule has 6 heteroatoms. The molecule has 18 heavy (non-hydrogen) atoms. The number of hydrogen-bond donors (Lipinski definition) is 1. The van der Waals surface area contributed by atoms with Gasteiger partial charge in [-0.1, -0.05) is 6.92 Å². The van der Waals surface area contributed by atoms with E-state index in [4.69, 9.17) is 0 Å². The average molecular weight is 271 g/mol. The molecule has 2 heterocycles. The first-order valence-corrected chi connectivity index (χ1v) is 7.65. The lowest BCUT2D eigenvalue weighted by atomic mass is 10.2. The van der Waals surface area contributed by atoms with Gasteiger partial charge in [0.15, 0.2) is 11.6 Å². The van der Waals surface area contributed by atoms with Gasteiger partial charge in [-0.05, 0) is 12.6 Å². The Labute approximate surface area is 109 Å². The predicted molar refractivity (Wildman–Crippen MR) is 71.7 cm³/mol. The zero-order chi connectivity index (χ0) is 13.0. The van der Waals surface area contributed by atoms with Crippen LogP contribution in [0.2, 0.25) is 0 Å². The van der Waals surface area contributed by atoms with E-state index in [1.54, 1.807) is 12.3 Å². The molecule has 0 unspecified atom stereocenters. The smallest absolute Gasteiger partial charge is 0.170 e. The third kappa shape index (κ3) is 3.05. The molecule has 1 aliphatic rings. The van der Waals surface area contributed by atoms with E-state index in [-0.39, 0.29) is 5.82 Å². The number of halogens is 1. The van der Waals surface area contributed by atoms with Crippen molar-refractivity contribution in [2.75, 3.05) is 36.0 Å². The van der Waals surface area contributed by atoms with Crippen molar-refractivity contribution in [1.82, 2.24) is 10.3 Å². The van der Waals surface area contributed by atoms with E-state index in [0.29, 0.717) is 42.5 Å². The molecule has 1 saturated heterocycles. The number of nitrogens with one attached hydrogen (secondary N) is 1. The summed E-state index contributed by atoms with van der Waals surface area (Å²) in [5.74, 6) is 1.32. The second kappa shape index (κ2) is 6.24. The van der Waals surface area contributed by atoms with Crippen LogP contribution in [0.3, 0.4) is 0 Å². The topological polar surface area (TPSA) is 45.2 Å². The van der Waals surface area contributed by atoms with Crippen LogP contribution in [-0.2, 0) is 17.3 Å². The predicted octanol–water partition coefficient (Wildman–Crippen LogP) is 0.899. The van der Waals surface area contributed by atoms with Gasteiger partial charge in [-0.25, -0.2) is 9.37 Å². The second-order valence-electron chi connectivity index (χ2n) is 4.22. The first-order valence-electron chi connectivity index (χ1n) is 6.16. The summed E-state index contributed by atoms with van der Waals surface area (Å²) in [6, 6.07) is 1.70. The number of hydrogen-bond acceptors (Lipinski definition) is 4. The number of anilines is 1. The summed E-state index contributed by atoms with van der Waals surface area (Å²) in [5.41, 5.74) is 0.633. The third-order valence-corrected chi connectivity index (χ3v) is 4.27. The van der Waals surface area contributed by atoms with Crippen molar-refractivity contribution >= 4 is 16.6 Å². The van der Waals surface area contributed by atoms with E-state index in [1.165, 1.54) is 0 Å². The Morgan fingerprint density at radius 1 is 1.50 bits per heavy atom. The largest absolute Gasteiger partial charge is 0.352 e. The molecule has 0 bridgehead atoms. The lowest BCUT2D eigenvalue weighted by Gasteiger charge is -2.28. The SMILES string of the molecule is CCNCc1ccnc(N2CCS(=O)CC2)c1F. The summed E-state index contributed by atoms with van der Waals surface area (Å²) in [5, 5.41) is 3.11. The van der Waals surface area contributed by atoms with Crippen molar-refractivity contribution in [3.63, 3.8) is 0 Å². The highest BCUT2D eigenvalue weighted by molar-refractivity contribution is 7.85. The van der Waals surface area contributed by atoms with Crippen LogP contribution >= 0.6 is 0 Å².